The molecule has 0 atom stereocenters. The Morgan fingerprint density at radius 2 is 1.94 bits per heavy atom. The van der Waals surface area contributed by atoms with Crippen molar-refractivity contribution in [2.45, 2.75) is 11.9 Å². The van der Waals surface area contributed by atoms with Crippen LogP contribution >= 0.6 is 15.9 Å². The van der Waals surface area contributed by atoms with Gasteiger partial charge in [0.25, 0.3) is 0 Å². The Hall–Kier alpha value is -1.22. The summed E-state index contributed by atoms with van der Waals surface area (Å²) < 4.78 is 7.79. The zero-order valence-electron chi connectivity index (χ0n) is 8.97. The molecule has 0 radical (unpaired) electrons. The minimum atomic E-state index is 0.695. The maximum atomic E-state index is 5.68. The van der Waals surface area contributed by atoms with Gasteiger partial charge in [-0.3, -0.25) is 0 Å². The maximum absolute atomic E-state index is 5.68. The van der Waals surface area contributed by atoms with Gasteiger partial charge in [0.05, 0.1) is 6.54 Å². The maximum Gasteiger partial charge on any atom is 0.119 e. The Bertz CT molecular complexity index is 425. The number of hydrogen-bond donors (Lipinski definition) is 0. The Labute approximate surface area is 104 Å². The quantitative estimate of drug-likeness (QED) is 0.765. The van der Waals surface area contributed by atoms with Crippen molar-refractivity contribution < 1.29 is 4.74 Å². The molecule has 0 saturated carbocycles. The summed E-state index contributed by atoms with van der Waals surface area (Å²) >= 11 is 3.43. The Morgan fingerprint density at radius 1 is 1.12 bits per heavy atom. The summed E-state index contributed by atoms with van der Waals surface area (Å²) in [5, 5.41) is 0.863. The highest BCUT2D eigenvalue weighted by molar-refractivity contribution is 9.08. The topological polar surface area (TPSA) is 14.2 Å². The Kier molecular flexibility index (Phi) is 4.05. The number of hydrogen-bond acceptors (Lipinski definition) is 1. The van der Waals surface area contributed by atoms with Crippen LogP contribution < -0.4 is 4.74 Å². The van der Waals surface area contributed by atoms with Gasteiger partial charge in [-0.15, -0.1) is 0 Å². The van der Waals surface area contributed by atoms with Gasteiger partial charge in [-0.05, 0) is 29.8 Å². The van der Waals surface area contributed by atoms with E-state index < -0.39 is 0 Å². The van der Waals surface area contributed by atoms with E-state index in [1.165, 1.54) is 5.56 Å². The summed E-state index contributed by atoms with van der Waals surface area (Å²) in [4.78, 5) is 0. The summed E-state index contributed by atoms with van der Waals surface area (Å²) in [6.45, 7) is 1.58. The Morgan fingerprint density at radius 3 is 2.69 bits per heavy atom. The largest absolute Gasteiger partial charge is 0.492 e. The second kappa shape index (κ2) is 5.75. The zero-order valence-corrected chi connectivity index (χ0v) is 10.6. The van der Waals surface area contributed by atoms with Gasteiger partial charge >= 0.3 is 0 Å². The van der Waals surface area contributed by atoms with E-state index in [-0.39, 0.29) is 0 Å². The van der Waals surface area contributed by atoms with Crippen molar-refractivity contribution in [2.24, 2.45) is 0 Å². The first kappa shape index (κ1) is 11.3. The van der Waals surface area contributed by atoms with Crippen LogP contribution in [0.5, 0.6) is 5.75 Å². The second-order valence-corrected chi connectivity index (χ2v) is 4.11. The number of aromatic nitrogens is 1. The molecule has 1 aromatic carbocycles. The highest BCUT2D eigenvalue weighted by Crippen LogP contribution is 2.15. The molecule has 0 aliphatic heterocycles. The molecule has 2 nitrogen and oxygen atoms in total. The van der Waals surface area contributed by atoms with Crippen LogP contribution in [-0.2, 0) is 11.9 Å². The van der Waals surface area contributed by atoms with E-state index >= 15 is 0 Å². The molecule has 84 valence electrons. The van der Waals surface area contributed by atoms with E-state index in [9.17, 15) is 0 Å². The second-order valence-electron chi connectivity index (χ2n) is 3.55. The standard InChI is InChI=1S/C13H14BrNO/c14-11-12-4-3-5-13(10-12)16-9-8-15-6-1-2-7-15/h1-7,10H,8-9,11H2. The van der Waals surface area contributed by atoms with Gasteiger partial charge in [-0.1, -0.05) is 28.1 Å². The average molecular weight is 280 g/mol. The summed E-state index contributed by atoms with van der Waals surface area (Å²) in [5.41, 5.74) is 1.23. The zero-order chi connectivity index (χ0) is 11.2. The first-order valence-electron chi connectivity index (χ1n) is 5.27. The lowest BCUT2D eigenvalue weighted by molar-refractivity contribution is 0.298. The van der Waals surface area contributed by atoms with E-state index in [0.29, 0.717) is 6.61 Å². The number of benzene rings is 1. The summed E-state index contributed by atoms with van der Waals surface area (Å²) in [5.74, 6) is 0.934. The molecular formula is C13H14BrNO. The fraction of sp³-hybridized carbons (Fsp3) is 0.231. The van der Waals surface area contributed by atoms with Crippen LogP contribution in [0.3, 0.4) is 0 Å². The SMILES string of the molecule is BrCc1cccc(OCCn2cccc2)c1. The highest BCUT2D eigenvalue weighted by atomic mass is 79.9. The van der Waals surface area contributed by atoms with Gasteiger partial charge in [-0.2, -0.15) is 0 Å². The van der Waals surface area contributed by atoms with Gasteiger partial charge < -0.3 is 9.30 Å². The number of halogens is 1. The molecule has 0 saturated heterocycles. The van der Waals surface area contributed by atoms with Crippen molar-refractivity contribution in [3.63, 3.8) is 0 Å². The molecule has 16 heavy (non-hydrogen) atoms. The van der Waals surface area contributed by atoms with Gasteiger partial charge in [0.2, 0.25) is 0 Å². The van der Waals surface area contributed by atoms with Crippen molar-refractivity contribution in [2.75, 3.05) is 6.61 Å². The van der Waals surface area contributed by atoms with Crippen LogP contribution in [0, 0.1) is 0 Å². The molecule has 2 aromatic rings. The summed E-state index contributed by atoms with van der Waals surface area (Å²) in [6.07, 6.45) is 4.08. The minimum Gasteiger partial charge on any atom is -0.492 e. The number of ether oxygens (including phenoxy) is 1. The van der Waals surface area contributed by atoms with E-state index in [4.69, 9.17) is 4.74 Å². The van der Waals surface area contributed by atoms with Crippen molar-refractivity contribution in [3.05, 3.63) is 54.4 Å². The number of alkyl halides is 1. The smallest absolute Gasteiger partial charge is 0.119 e. The normalized spacial score (nSPS) is 10.3. The molecule has 0 N–H and O–H groups in total. The van der Waals surface area contributed by atoms with Crippen molar-refractivity contribution in [1.82, 2.24) is 4.57 Å². The fourth-order valence-corrected chi connectivity index (χ4v) is 1.86. The third-order valence-corrected chi connectivity index (χ3v) is 2.98. The van der Waals surface area contributed by atoms with Gasteiger partial charge in [-0.25, -0.2) is 0 Å². The first-order valence-corrected chi connectivity index (χ1v) is 6.39. The predicted octanol–water partition coefficient (Wildman–Crippen LogP) is 3.46. The molecule has 0 fully saturated rings. The molecule has 0 spiro atoms. The third-order valence-electron chi connectivity index (χ3n) is 2.34. The lowest BCUT2D eigenvalue weighted by atomic mass is 10.2. The third kappa shape index (κ3) is 3.14. The number of rotatable bonds is 5. The predicted molar refractivity (Wildman–Crippen MR) is 69.0 cm³/mol. The van der Waals surface area contributed by atoms with E-state index in [2.05, 4.69) is 32.6 Å². The molecule has 3 heteroatoms. The average Bonchev–Trinajstić information content (AvgIpc) is 2.82. The van der Waals surface area contributed by atoms with Crippen LogP contribution in [0.15, 0.2) is 48.8 Å². The molecule has 2 rings (SSSR count). The summed E-state index contributed by atoms with van der Waals surface area (Å²) in [6, 6.07) is 12.2. The van der Waals surface area contributed by atoms with Crippen LogP contribution in [0.1, 0.15) is 5.56 Å². The first-order chi connectivity index (χ1) is 7.88. The molecule has 0 amide bonds. The van der Waals surface area contributed by atoms with Gasteiger partial charge in [0.1, 0.15) is 12.4 Å². The van der Waals surface area contributed by atoms with E-state index in [1.54, 1.807) is 0 Å². The lowest BCUT2D eigenvalue weighted by Gasteiger charge is -2.07. The molecule has 0 bridgehead atoms. The molecule has 0 aliphatic carbocycles. The van der Waals surface area contributed by atoms with Crippen LogP contribution in [0.4, 0.5) is 0 Å². The van der Waals surface area contributed by atoms with Gasteiger partial charge in [0.15, 0.2) is 0 Å². The van der Waals surface area contributed by atoms with Crippen LogP contribution in [0.25, 0.3) is 0 Å². The minimum absolute atomic E-state index is 0.695. The highest BCUT2D eigenvalue weighted by Gasteiger charge is 1.96. The molecule has 0 unspecified atom stereocenters. The fourth-order valence-electron chi connectivity index (χ4n) is 1.51. The monoisotopic (exact) mass is 279 g/mol. The van der Waals surface area contributed by atoms with Crippen LogP contribution in [-0.4, -0.2) is 11.2 Å². The van der Waals surface area contributed by atoms with Crippen molar-refractivity contribution in [1.29, 1.82) is 0 Å². The van der Waals surface area contributed by atoms with Gasteiger partial charge in [0, 0.05) is 17.7 Å². The lowest BCUT2D eigenvalue weighted by Crippen LogP contribution is -2.06. The van der Waals surface area contributed by atoms with E-state index in [1.807, 2.05) is 36.7 Å². The Balaban J connectivity index is 1.85. The van der Waals surface area contributed by atoms with Crippen LogP contribution in [0.2, 0.25) is 0 Å². The molecule has 0 aliphatic rings. The molecular weight excluding hydrogens is 266 g/mol. The van der Waals surface area contributed by atoms with Crippen molar-refractivity contribution >= 4 is 15.9 Å². The molecule has 1 aromatic heterocycles. The van der Waals surface area contributed by atoms with Crippen molar-refractivity contribution in [3.8, 4) is 5.75 Å². The number of nitrogens with zero attached hydrogens (tertiary/aromatic N) is 1. The summed E-state index contributed by atoms with van der Waals surface area (Å²) in [7, 11) is 0. The van der Waals surface area contributed by atoms with E-state index in [0.717, 1.165) is 17.6 Å². The molecule has 1 heterocycles.